The normalized spacial score (nSPS) is 19.9. The van der Waals surface area contributed by atoms with Crippen molar-refractivity contribution in [2.75, 3.05) is 5.75 Å². The quantitative estimate of drug-likeness (QED) is 0.772. The van der Waals surface area contributed by atoms with Gasteiger partial charge in [-0.3, -0.25) is 4.79 Å². The van der Waals surface area contributed by atoms with Crippen LogP contribution in [-0.2, 0) is 14.8 Å². The Kier molecular flexibility index (Phi) is 5.59. The largest absolute Gasteiger partial charge is 0.480 e. The standard InChI is InChI=1S/C12H23NO4S/c1-9(2)8-18(16,17)13-11(12(14)15)10-6-4-3-5-7-10/h9-11,13H,3-8H2,1-2H3,(H,14,15). The SMILES string of the molecule is CC(C)CS(=O)(=O)NC(C(=O)O)C1CCCCC1. The van der Waals surface area contributed by atoms with Crippen molar-refractivity contribution in [2.24, 2.45) is 11.8 Å². The van der Waals surface area contributed by atoms with Gasteiger partial charge in [-0.2, -0.15) is 0 Å². The van der Waals surface area contributed by atoms with Crippen LogP contribution in [0.4, 0.5) is 0 Å². The lowest BCUT2D eigenvalue weighted by Crippen LogP contribution is -2.47. The molecule has 0 bridgehead atoms. The Balaban J connectivity index is 2.71. The predicted octanol–water partition coefficient (Wildman–Crippen LogP) is 1.60. The molecule has 1 fully saturated rings. The van der Waals surface area contributed by atoms with E-state index < -0.39 is 22.0 Å². The van der Waals surface area contributed by atoms with Crippen molar-refractivity contribution in [1.82, 2.24) is 4.72 Å². The second kappa shape index (κ2) is 6.52. The van der Waals surface area contributed by atoms with Crippen LogP contribution in [-0.4, -0.2) is 31.3 Å². The number of hydrogen-bond donors (Lipinski definition) is 2. The molecule has 1 atom stereocenters. The first-order valence-corrected chi connectivity index (χ1v) is 8.20. The van der Waals surface area contributed by atoms with E-state index in [9.17, 15) is 18.3 Å². The van der Waals surface area contributed by atoms with Crippen molar-refractivity contribution >= 4 is 16.0 Å². The maximum absolute atomic E-state index is 11.8. The van der Waals surface area contributed by atoms with Crippen LogP contribution in [0.5, 0.6) is 0 Å². The molecule has 0 heterocycles. The summed E-state index contributed by atoms with van der Waals surface area (Å²) in [4.78, 5) is 11.2. The van der Waals surface area contributed by atoms with E-state index in [1.165, 1.54) is 0 Å². The van der Waals surface area contributed by atoms with Crippen LogP contribution >= 0.6 is 0 Å². The van der Waals surface area contributed by atoms with Gasteiger partial charge in [0.05, 0.1) is 5.75 Å². The summed E-state index contributed by atoms with van der Waals surface area (Å²) < 4.78 is 26.0. The summed E-state index contributed by atoms with van der Waals surface area (Å²) in [5, 5.41) is 9.20. The van der Waals surface area contributed by atoms with Gasteiger partial charge in [0, 0.05) is 0 Å². The van der Waals surface area contributed by atoms with Gasteiger partial charge in [-0.1, -0.05) is 33.1 Å². The molecule has 5 nitrogen and oxygen atoms in total. The molecule has 1 aliphatic rings. The molecule has 0 aromatic rings. The van der Waals surface area contributed by atoms with E-state index >= 15 is 0 Å². The average molecular weight is 277 g/mol. The zero-order chi connectivity index (χ0) is 13.8. The van der Waals surface area contributed by atoms with Gasteiger partial charge in [0.15, 0.2) is 0 Å². The van der Waals surface area contributed by atoms with E-state index in [2.05, 4.69) is 4.72 Å². The van der Waals surface area contributed by atoms with Gasteiger partial charge in [0.25, 0.3) is 0 Å². The zero-order valence-corrected chi connectivity index (χ0v) is 11.9. The molecule has 0 amide bonds. The number of hydrogen-bond acceptors (Lipinski definition) is 3. The molecule has 6 heteroatoms. The van der Waals surface area contributed by atoms with Crippen LogP contribution in [0.25, 0.3) is 0 Å². The van der Waals surface area contributed by atoms with E-state index in [1.54, 1.807) is 13.8 Å². The van der Waals surface area contributed by atoms with E-state index in [0.717, 1.165) is 32.1 Å². The first kappa shape index (κ1) is 15.4. The van der Waals surface area contributed by atoms with Gasteiger partial charge in [-0.05, 0) is 24.7 Å². The lowest BCUT2D eigenvalue weighted by molar-refractivity contribution is -0.140. The summed E-state index contributed by atoms with van der Waals surface area (Å²) in [5.74, 6) is -1.17. The Morgan fingerprint density at radius 3 is 2.28 bits per heavy atom. The summed E-state index contributed by atoms with van der Waals surface area (Å²) in [7, 11) is -3.51. The Labute approximate surface area is 109 Å². The van der Waals surface area contributed by atoms with Gasteiger partial charge in [-0.25, -0.2) is 13.1 Å². The Morgan fingerprint density at radius 2 is 1.83 bits per heavy atom. The fourth-order valence-corrected chi connectivity index (χ4v) is 4.15. The van der Waals surface area contributed by atoms with Crippen molar-refractivity contribution in [1.29, 1.82) is 0 Å². The molecule has 0 spiro atoms. The molecule has 2 N–H and O–H groups in total. The second-order valence-corrected chi connectivity index (χ2v) is 7.31. The molecule has 1 unspecified atom stereocenters. The molecular formula is C12H23NO4S. The van der Waals surface area contributed by atoms with Crippen molar-refractivity contribution in [2.45, 2.75) is 52.0 Å². The Bertz CT molecular complexity index is 372. The first-order valence-electron chi connectivity index (χ1n) is 6.54. The van der Waals surface area contributed by atoms with E-state index in [1.807, 2.05) is 0 Å². The van der Waals surface area contributed by atoms with E-state index in [4.69, 9.17) is 0 Å². The number of carbonyl (C=O) groups is 1. The van der Waals surface area contributed by atoms with Crippen LogP contribution in [0, 0.1) is 11.8 Å². The number of nitrogens with one attached hydrogen (secondary N) is 1. The first-order chi connectivity index (χ1) is 8.32. The molecule has 0 radical (unpaired) electrons. The molecule has 0 saturated heterocycles. The second-order valence-electron chi connectivity index (χ2n) is 5.51. The summed E-state index contributed by atoms with van der Waals surface area (Å²) in [6.07, 6.45) is 4.67. The van der Waals surface area contributed by atoms with Crippen LogP contribution < -0.4 is 4.72 Å². The topological polar surface area (TPSA) is 83.5 Å². The summed E-state index contributed by atoms with van der Waals surface area (Å²) in [5.41, 5.74) is 0. The van der Waals surface area contributed by atoms with E-state index in [0.29, 0.717) is 0 Å². The minimum Gasteiger partial charge on any atom is -0.480 e. The average Bonchev–Trinajstić information content (AvgIpc) is 2.25. The smallest absolute Gasteiger partial charge is 0.322 e. The number of carboxylic acid groups (broad SMARTS) is 1. The molecule has 0 aliphatic heterocycles. The fraction of sp³-hybridized carbons (Fsp3) is 0.917. The third-order valence-corrected chi connectivity index (χ3v) is 4.97. The number of rotatable bonds is 6. The Hall–Kier alpha value is -0.620. The number of sulfonamides is 1. The minimum atomic E-state index is -3.51. The lowest BCUT2D eigenvalue weighted by atomic mass is 9.84. The minimum absolute atomic E-state index is 0.0108. The molecule has 1 aliphatic carbocycles. The highest BCUT2D eigenvalue weighted by Crippen LogP contribution is 2.27. The maximum Gasteiger partial charge on any atom is 0.322 e. The summed E-state index contributed by atoms with van der Waals surface area (Å²) in [6.45, 7) is 3.60. The van der Waals surface area contributed by atoms with Gasteiger partial charge < -0.3 is 5.11 Å². The zero-order valence-electron chi connectivity index (χ0n) is 11.1. The molecular weight excluding hydrogens is 254 g/mol. The van der Waals surface area contributed by atoms with E-state index in [-0.39, 0.29) is 17.6 Å². The monoisotopic (exact) mass is 277 g/mol. The number of carboxylic acids is 1. The maximum atomic E-state index is 11.8. The van der Waals surface area contributed by atoms with Crippen molar-refractivity contribution < 1.29 is 18.3 Å². The van der Waals surface area contributed by atoms with Crippen molar-refractivity contribution in [3.05, 3.63) is 0 Å². The molecule has 0 aromatic carbocycles. The highest BCUT2D eigenvalue weighted by molar-refractivity contribution is 7.89. The van der Waals surface area contributed by atoms with Crippen molar-refractivity contribution in [3.63, 3.8) is 0 Å². The summed E-state index contributed by atoms with van der Waals surface area (Å²) in [6, 6.07) is -0.964. The third kappa shape index (κ3) is 4.94. The van der Waals surface area contributed by atoms with Gasteiger partial charge in [0.1, 0.15) is 6.04 Å². The highest BCUT2D eigenvalue weighted by atomic mass is 32.2. The van der Waals surface area contributed by atoms with Crippen LogP contribution in [0.3, 0.4) is 0 Å². The Morgan fingerprint density at radius 1 is 1.28 bits per heavy atom. The molecule has 1 saturated carbocycles. The van der Waals surface area contributed by atoms with Gasteiger partial charge in [-0.15, -0.1) is 0 Å². The summed E-state index contributed by atoms with van der Waals surface area (Å²) >= 11 is 0. The van der Waals surface area contributed by atoms with Gasteiger partial charge in [0.2, 0.25) is 10.0 Å². The molecule has 106 valence electrons. The van der Waals surface area contributed by atoms with Crippen molar-refractivity contribution in [3.8, 4) is 0 Å². The fourth-order valence-electron chi connectivity index (χ4n) is 2.50. The molecule has 18 heavy (non-hydrogen) atoms. The van der Waals surface area contributed by atoms with Crippen LogP contribution in [0.1, 0.15) is 46.0 Å². The van der Waals surface area contributed by atoms with Crippen LogP contribution in [0.15, 0.2) is 0 Å². The van der Waals surface area contributed by atoms with Gasteiger partial charge >= 0.3 is 5.97 Å². The molecule has 0 aromatic heterocycles. The lowest BCUT2D eigenvalue weighted by Gasteiger charge is -2.28. The highest BCUT2D eigenvalue weighted by Gasteiger charge is 2.32. The predicted molar refractivity (Wildman–Crippen MR) is 69.8 cm³/mol. The third-order valence-electron chi connectivity index (χ3n) is 3.25. The molecule has 1 rings (SSSR count). The van der Waals surface area contributed by atoms with Crippen LogP contribution in [0.2, 0.25) is 0 Å². The number of aliphatic carboxylic acids is 1.